The van der Waals surface area contributed by atoms with E-state index in [-0.39, 0.29) is 0 Å². The van der Waals surface area contributed by atoms with Crippen molar-refractivity contribution in [1.29, 1.82) is 0 Å². The molecule has 0 unspecified atom stereocenters. The summed E-state index contributed by atoms with van der Waals surface area (Å²) in [6.45, 7) is 2.72. The number of ether oxygens (including phenoxy) is 1. The maximum absolute atomic E-state index is 10.3. The van der Waals surface area contributed by atoms with Crippen molar-refractivity contribution in [2.24, 2.45) is 0 Å². The van der Waals surface area contributed by atoms with Gasteiger partial charge < -0.3 is 9.53 Å². The lowest BCUT2D eigenvalue weighted by molar-refractivity contribution is -0.107. The second-order valence-electron chi connectivity index (χ2n) is 3.36. The van der Waals surface area contributed by atoms with Crippen LogP contribution in [0.15, 0.2) is 18.2 Å². The zero-order valence-corrected chi connectivity index (χ0v) is 10.4. The maximum Gasteiger partial charge on any atom is 0.124 e. The molecule has 0 N–H and O–H groups in total. The van der Waals surface area contributed by atoms with Gasteiger partial charge in [-0.15, -0.1) is 0 Å². The number of halogens is 1. The van der Waals surface area contributed by atoms with Crippen LogP contribution >= 0.6 is 15.9 Å². The van der Waals surface area contributed by atoms with E-state index in [1.807, 2.05) is 25.1 Å². The smallest absolute Gasteiger partial charge is 0.124 e. The van der Waals surface area contributed by atoms with E-state index in [9.17, 15) is 4.79 Å². The molecule has 0 saturated heterocycles. The van der Waals surface area contributed by atoms with E-state index in [2.05, 4.69) is 15.9 Å². The van der Waals surface area contributed by atoms with Gasteiger partial charge in [0.15, 0.2) is 0 Å². The van der Waals surface area contributed by atoms with Crippen molar-refractivity contribution in [3.05, 3.63) is 29.3 Å². The Morgan fingerprint density at radius 1 is 1.47 bits per heavy atom. The Labute approximate surface area is 98.8 Å². The number of benzene rings is 1. The fourth-order valence-corrected chi connectivity index (χ4v) is 1.56. The number of carbonyl (C=O) groups excluding carboxylic acids is 1. The lowest BCUT2D eigenvalue weighted by Crippen LogP contribution is -1.99. The Bertz CT molecular complexity index is 323. The summed E-state index contributed by atoms with van der Waals surface area (Å²) in [5.74, 6) is 0.908. The van der Waals surface area contributed by atoms with Crippen LogP contribution in [0.2, 0.25) is 0 Å². The highest BCUT2D eigenvalue weighted by Crippen LogP contribution is 2.19. The molecule has 0 aliphatic rings. The standard InChI is InChI=1S/C12H15BrO2/c1-10-9-11(5-7-14)3-4-12(10)15-8-2-6-13/h3-4,7,9H,2,5-6,8H2,1H3. The fraction of sp³-hybridized carbons (Fsp3) is 0.417. The van der Waals surface area contributed by atoms with Gasteiger partial charge in [0, 0.05) is 11.8 Å². The minimum absolute atomic E-state index is 0.475. The molecule has 0 spiro atoms. The van der Waals surface area contributed by atoms with E-state index in [1.165, 1.54) is 0 Å². The molecule has 2 nitrogen and oxygen atoms in total. The van der Waals surface area contributed by atoms with Crippen LogP contribution in [-0.4, -0.2) is 18.2 Å². The predicted octanol–water partition coefficient (Wildman–Crippen LogP) is 2.90. The van der Waals surface area contributed by atoms with Crippen molar-refractivity contribution in [3.63, 3.8) is 0 Å². The van der Waals surface area contributed by atoms with Gasteiger partial charge >= 0.3 is 0 Å². The quantitative estimate of drug-likeness (QED) is 0.452. The third kappa shape index (κ3) is 4.04. The Hall–Kier alpha value is -0.830. The van der Waals surface area contributed by atoms with Crippen LogP contribution < -0.4 is 4.74 Å². The number of aryl methyl sites for hydroxylation is 1. The summed E-state index contributed by atoms with van der Waals surface area (Å²) in [5, 5.41) is 0.954. The summed E-state index contributed by atoms with van der Waals surface area (Å²) in [4.78, 5) is 10.3. The normalized spacial score (nSPS) is 10.0. The Morgan fingerprint density at radius 2 is 2.27 bits per heavy atom. The monoisotopic (exact) mass is 270 g/mol. The predicted molar refractivity (Wildman–Crippen MR) is 64.9 cm³/mol. The first-order valence-electron chi connectivity index (χ1n) is 5.00. The minimum Gasteiger partial charge on any atom is -0.493 e. The third-order valence-electron chi connectivity index (χ3n) is 2.09. The van der Waals surface area contributed by atoms with Crippen molar-refractivity contribution in [1.82, 2.24) is 0 Å². The summed E-state index contributed by atoms with van der Waals surface area (Å²) in [6, 6.07) is 5.87. The molecule has 0 saturated carbocycles. The van der Waals surface area contributed by atoms with Gasteiger partial charge in [0.25, 0.3) is 0 Å². The van der Waals surface area contributed by atoms with Gasteiger partial charge in [0.05, 0.1) is 6.61 Å². The molecule has 0 amide bonds. The fourth-order valence-electron chi connectivity index (χ4n) is 1.33. The molecule has 15 heavy (non-hydrogen) atoms. The highest BCUT2D eigenvalue weighted by molar-refractivity contribution is 9.09. The average Bonchev–Trinajstić information content (AvgIpc) is 2.22. The first kappa shape index (κ1) is 12.2. The second kappa shape index (κ2) is 6.62. The first-order valence-corrected chi connectivity index (χ1v) is 6.12. The Kier molecular flexibility index (Phi) is 5.40. The van der Waals surface area contributed by atoms with E-state index >= 15 is 0 Å². The van der Waals surface area contributed by atoms with Crippen LogP contribution in [0.25, 0.3) is 0 Å². The highest BCUT2D eigenvalue weighted by Gasteiger charge is 2.00. The number of rotatable bonds is 6. The summed E-state index contributed by atoms with van der Waals surface area (Å²) in [5.41, 5.74) is 2.12. The van der Waals surface area contributed by atoms with Gasteiger partial charge in [-0.05, 0) is 30.5 Å². The van der Waals surface area contributed by atoms with Crippen molar-refractivity contribution in [3.8, 4) is 5.75 Å². The third-order valence-corrected chi connectivity index (χ3v) is 2.65. The van der Waals surface area contributed by atoms with E-state index in [0.717, 1.165) is 41.5 Å². The lowest BCUT2D eigenvalue weighted by Gasteiger charge is -2.09. The van der Waals surface area contributed by atoms with Gasteiger partial charge in [0.2, 0.25) is 0 Å². The Morgan fingerprint density at radius 3 is 2.87 bits per heavy atom. The van der Waals surface area contributed by atoms with E-state index in [4.69, 9.17) is 4.74 Å². The van der Waals surface area contributed by atoms with Crippen LogP contribution in [0.5, 0.6) is 5.75 Å². The molecule has 0 aromatic heterocycles. The largest absolute Gasteiger partial charge is 0.493 e. The number of alkyl halides is 1. The van der Waals surface area contributed by atoms with Crippen molar-refractivity contribution < 1.29 is 9.53 Å². The molecule has 0 radical (unpaired) electrons. The molecule has 82 valence electrons. The van der Waals surface area contributed by atoms with Crippen molar-refractivity contribution in [2.45, 2.75) is 19.8 Å². The summed E-state index contributed by atoms with van der Waals surface area (Å²) >= 11 is 3.35. The molecular formula is C12H15BrO2. The van der Waals surface area contributed by atoms with Crippen LogP contribution in [0.4, 0.5) is 0 Å². The SMILES string of the molecule is Cc1cc(CC=O)ccc1OCCCBr. The molecular weight excluding hydrogens is 256 g/mol. The van der Waals surface area contributed by atoms with Crippen LogP contribution in [0.1, 0.15) is 17.5 Å². The molecule has 0 aliphatic carbocycles. The van der Waals surface area contributed by atoms with Crippen molar-refractivity contribution >= 4 is 22.2 Å². The number of hydrogen-bond donors (Lipinski definition) is 0. The maximum atomic E-state index is 10.3. The summed E-state index contributed by atoms with van der Waals surface area (Å²) in [6.07, 6.45) is 2.39. The zero-order chi connectivity index (χ0) is 11.1. The molecule has 3 heteroatoms. The van der Waals surface area contributed by atoms with Crippen LogP contribution in [0, 0.1) is 6.92 Å². The topological polar surface area (TPSA) is 26.3 Å². The van der Waals surface area contributed by atoms with Crippen LogP contribution in [0.3, 0.4) is 0 Å². The zero-order valence-electron chi connectivity index (χ0n) is 8.83. The van der Waals surface area contributed by atoms with Gasteiger partial charge in [-0.1, -0.05) is 28.1 Å². The molecule has 1 rings (SSSR count). The first-order chi connectivity index (χ1) is 7.27. The average molecular weight is 271 g/mol. The number of hydrogen-bond acceptors (Lipinski definition) is 2. The molecule has 0 heterocycles. The van der Waals surface area contributed by atoms with Crippen LogP contribution in [-0.2, 0) is 11.2 Å². The van der Waals surface area contributed by atoms with Gasteiger partial charge in [-0.3, -0.25) is 0 Å². The highest BCUT2D eigenvalue weighted by atomic mass is 79.9. The molecule has 0 bridgehead atoms. The van der Waals surface area contributed by atoms with E-state index in [1.54, 1.807) is 0 Å². The molecule has 0 atom stereocenters. The summed E-state index contributed by atoms with van der Waals surface area (Å²) in [7, 11) is 0. The molecule has 1 aromatic rings. The molecule has 1 aromatic carbocycles. The van der Waals surface area contributed by atoms with Gasteiger partial charge in [-0.2, -0.15) is 0 Å². The summed E-state index contributed by atoms with van der Waals surface area (Å²) < 4.78 is 5.59. The second-order valence-corrected chi connectivity index (χ2v) is 4.15. The Balaban J connectivity index is 2.61. The van der Waals surface area contributed by atoms with Gasteiger partial charge in [0.1, 0.15) is 12.0 Å². The number of carbonyl (C=O) groups is 1. The van der Waals surface area contributed by atoms with Gasteiger partial charge in [-0.25, -0.2) is 0 Å². The minimum atomic E-state index is 0.475. The lowest BCUT2D eigenvalue weighted by atomic mass is 10.1. The van der Waals surface area contributed by atoms with E-state index < -0.39 is 0 Å². The molecule has 0 aliphatic heterocycles. The number of aldehydes is 1. The van der Waals surface area contributed by atoms with E-state index in [0.29, 0.717) is 6.42 Å². The van der Waals surface area contributed by atoms with Crippen molar-refractivity contribution in [2.75, 3.05) is 11.9 Å². The molecule has 0 fully saturated rings.